The molecule has 3 heteroatoms. The number of rotatable bonds is 3. The normalized spacial score (nSPS) is 10.6. The standard InChI is InChI=1S/C17H15N3/c18-9-13-4-3-5-14(8-13)11-20-12-15(10-19)16-6-1-2-7-17(16)20/h1-8,12H,10-11,19H2. The molecule has 0 atom stereocenters. The van der Waals surface area contributed by atoms with Crippen molar-refractivity contribution in [2.45, 2.75) is 13.1 Å². The van der Waals surface area contributed by atoms with Gasteiger partial charge in [-0.25, -0.2) is 0 Å². The number of fused-ring (bicyclic) bond motifs is 1. The highest BCUT2D eigenvalue weighted by molar-refractivity contribution is 5.84. The van der Waals surface area contributed by atoms with Gasteiger partial charge in [0, 0.05) is 30.2 Å². The summed E-state index contributed by atoms with van der Waals surface area (Å²) < 4.78 is 2.19. The average molecular weight is 261 g/mol. The van der Waals surface area contributed by atoms with Crippen molar-refractivity contribution in [1.29, 1.82) is 5.26 Å². The van der Waals surface area contributed by atoms with Crippen LogP contribution in [0.2, 0.25) is 0 Å². The Labute approximate surface area is 117 Å². The predicted octanol–water partition coefficient (Wildman–Crippen LogP) is 3.02. The van der Waals surface area contributed by atoms with E-state index in [1.807, 2.05) is 36.4 Å². The van der Waals surface area contributed by atoms with Crippen LogP contribution in [0.5, 0.6) is 0 Å². The summed E-state index contributed by atoms with van der Waals surface area (Å²) in [6.07, 6.45) is 2.10. The lowest BCUT2D eigenvalue weighted by Gasteiger charge is -2.05. The first-order valence-corrected chi connectivity index (χ1v) is 6.57. The molecule has 20 heavy (non-hydrogen) atoms. The minimum Gasteiger partial charge on any atom is -0.343 e. The monoisotopic (exact) mass is 261 g/mol. The van der Waals surface area contributed by atoms with Crippen molar-refractivity contribution in [3.63, 3.8) is 0 Å². The van der Waals surface area contributed by atoms with Gasteiger partial charge in [-0.15, -0.1) is 0 Å². The summed E-state index contributed by atoms with van der Waals surface area (Å²) in [6.45, 7) is 1.28. The van der Waals surface area contributed by atoms with E-state index in [4.69, 9.17) is 11.0 Å². The highest BCUT2D eigenvalue weighted by Gasteiger charge is 2.07. The smallest absolute Gasteiger partial charge is 0.0991 e. The van der Waals surface area contributed by atoms with E-state index in [0.29, 0.717) is 12.1 Å². The van der Waals surface area contributed by atoms with Gasteiger partial charge in [-0.1, -0.05) is 30.3 Å². The molecule has 2 aromatic carbocycles. The molecule has 0 saturated heterocycles. The van der Waals surface area contributed by atoms with Crippen molar-refractivity contribution in [1.82, 2.24) is 4.57 Å². The number of nitrogens with two attached hydrogens (primary N) is 1. The molecule has 1 heterocycles. The summed E-state index contributed by atoms with van der Waals surface area (Å²) in [5.41, 5.74) is 9.95. The van der Waals surface area contributed by atoms with Crippen molar-refractivity contribution in [3.8, 4) is 6.07 Å². The second kappa shape index (κ2) is 5.20. The Bertz CT molecular complexity index is 793. The number of aromatic nitrogens is 1. The van der Waals surface area contributed by atoms with Gasteiger partial charge in [0.15, 0.2) is 0 Å². The van der Waals surface area contributed by atoms with Crippen LogP contribution in [0, 0.1) is 11.3 Å². The molecular weight excluding hydrogens is 246 g/mol. The number of nitrogens with zero attached hydrogens (tertiary/aromatic N) is 2. The van der Waals surface area contributed by atoms with Crippen LogP contribution in [0.1, 0.15) is 16.7 Å². The number of hydrogen-bond acceptors (Lipinski definition) is 2. The lowest BCUT2D eigenvalue weighted by Crippen LogP contribution is -1.99. The zero-order valence-electron chi connectivity index (χ0n) is 11.1. The van der Waals surface area contributed by atoms with E-state index in [1.165, 1.54) is 10.9 Å². The first-order chi connectivity index (χ1) is 9.81. The SMILES string of the molecule is N#Cc1cccc(Cn2cc(CN)c3ccccc32)c1. The molecule has 0 aliphatic heterocycles. The highest BCUT2D eigenvalue weighted by atomic mass is 15.0. The summed E-state index contributed by atoms with van der Waals surface area (Å²) in [4.78, 5) is 0. The first kappa shape index (κ1) is 12.5. The Hall–Kier alpha value is -2.57. The van der Waals surface area contributed by atoms with Crippen LogP contribution in [-0.4, -0.2) is 4.57 Å². The van der Waals surface area contributed by atoms with E-state index in [-0.39, 0.29) is 0 Å². The van der Waals surface area contributed by atoms with Crippen LogP contribution in [0.3, 0.4) is 0 Å². The fourth-order valence-electron chi connectivity index (χ4n) is 2.55. The van der Waals surface area contributed by atoms with E-state index in [1.54, 1.807) is 0 Å². The Morgan fingerprint density at radius 1 is 1.10 bits per heavy atom. The van der Waals surface area contributed by atoms with E-state index in [2.05, 4.69) is 29.0 Å². The molecule has 0 radical (unpaired) electrons. The molecule has 0 fully saturated rings. The quantitative estimate of drug-likeness (QED) is 0.788. The summed E-state index contributed by atoms with van der Waals surface area (Å²) in [5, 5.41) is 10.2. The maximum absolute atomic E-state index is 8.97. The van der Waals surface area contributed by atoms with Gasteiger partial charge in [0.25, 0.3) is 0 Å². The van der Waals surface area contributed by atoms with Gasteiger partial charge in [0.05, 0.1) is 11.6 Å². The number of para-hydroxylation sites is 1. The van der Waals surface area contributed by atoms with Gasteiger partial charge in [0.2, 0.25) is 0 Å². The number of hydrogen-bond donors (Lipinski definition) is 1. The van der Waals surface area contributed by atoms with Crippen LogP contribution in [0.15, 0.2) is 54.7 Å². The van der Waals surface area contributed by atoms with Gasteiger partial charge in [-0.2, -0.15) is 5.26 Å². The number of benzene rings is 2. The Morgan fingerprint density at radius 3 is 2.75 bits per heavy atom. The second-order valence-electron chi connectivity index (χ2n) is 4.82. The fraction of sp³-hybridized carbons (Fsp3) is 0.118. The molecule has 0 aliphatic carbocycles. The van der Waals surface area contributed by atoms with E-state index >= 15 is 0 Å². The molecule has 0 spiro atoms. The Balaban J connectivity index is 2.04. The average Bonchev–Trinajstić information content (AvgIpc) is 2.86. The summed E-state index contributed by atoms with van der Waals surface area (Å²) in [5.74, 6) is 0. The van der Waals surface area contributed by atoms with Gasteiger partial charge < -0.3 is 10.3 Å². The van der Waals surface area contributed by atoms with E-state index in [9.17, 15) is 0 Å². The summed E-state index contributed by atoms with van der Waals surface area (Å²) in [7, 11) is 0. The van der Waals surface area contributed by atoms with Crippen LogP contribution in [0.25, 0.3) is 10.9 Å². The second-order valence-corrected chi connectivity index (χ2v) is 4.82. The maximum atomic E-state index is 8.97. The molecular formula is C17H15N3. The summed E-state index contributed by atoms with van der Waals surface area (Å²) >= 11 is 0. The topological polar surface area (TPSA) is 54.7 Å². The minimum absolute atomic E-state index is 0.533. The fourth-order valence-corrected chi connectivity index (χ4v) is 2.55. The van der Waals surface area contributed by atoms with Crippen molar-refractivity contribution < 1.29 is 0 Å². The predicted molar refractivity (Wildman–Crippen MR) is 80.1 cm³/mol. The molecule has 98 valence electrons. The van der Waals surface area contributed by atoms with E-state index < -0.39 is 0 Å². The first-order valence-electron chi connectivity index (χ1n) is 6.57. The van der Waals surface area contributed by atoms with Crippen LogP contribution < -0.4 is 5.73 Å². The lowest BCUT2D eigenvalue weighted by molar-refractivity contribution is 0.829. The third kappa shape index (κ3) is 2.18. The van der Waals surface area contributed by atoms with Crippen molar-refractivity contribution in [2.24, 2.45) is 5.73 Å². The third-order valence-electron chi connectivity index (χ3n) is 3.50. The number of nitriles is 1. The van der Waals surface area contributed by atoms with Crippen LogP contribution in [0.4, 0.5) is 0 Å². The molecule has 0 bridgehead atoms. The molecule has 0 amide bonds. The van der Waals surface area contributed by atoms with Crippen molar-refractivity contribution in [2.75, 3.05) is 0 Å². The molecule has 0 unspecified atom stereocenters. The summed E-state index contributed by atoms with van der Waals surface area (Å²) in [6, 6.07) is 18.1. The van der Waals surface area contributed by atoms with Crippen molar-refractivity contribution in [3.05, 3.63) is 71.4 Å². The molecule has 2 N–H and O–H groups in total. The van der Waals surface area contributed by atoms with Gasteiger partial charge in [-0.3, -0.25) is 0 Å². The molecule has 3 rings (SSSR count). The third-order valence-corrected chi connectivity index (χ3v) is 3.50. The molecule has 0 aliphatic rings. The Morgan fingerprint density at radius 2 is 1.95 bits per heavy atom. The zero-order valence-corrected chi connectivity index (χ0v) is 11.1. The largest absolute Gasteiger partial charge is 0.343 e. The van der Waals surface area contributed by atoms with Crippen LogP contribution >= 0.6 is 0 Å². The van der Waals surface area contributed by atoms with Crippen molar-refractivity contribution >= 4 is 10.9 Å². The molecule has 0 saturated carbocycles. The highest BCUT2D eigenvalue weighted by Crippen LogP contribution is 2.22. The van der Waals surface area contributed by atoms with Gasteiger partial charge in [-0.05, 0) is 29.3 Å². The lowest BCUT2D eigenvalue weighted by atomic mass is 10.1. The molecule has 3 nitrogen and oxygen atoms in total. The van der Waals surface area contributed by atoms with Crippen LogP contribution in [-0.2, 0) is 13.1 Å². The van der Waals surface area contributed by atoms with Gasteiger partial charge >= 0.3 is 0 Å². The zero-order chi connectivity index (χ0) is 13.9. The maximum Gasteiger partial charge on any atom is 0.0991 e. The molecule has 3 aromatic rings. The molecule has 1 aromatic heterocycles. The van der Waals surface area contributed by atoms with E-state index in [0.717, 1.165) is 17.7 Å². The van der Waals surface area contributed by atoms with Gasteiger partial charge in [0.1, 0.15) is 0 Å². The Kier molecular flexibility index (Phi) is 3.24. The minimum atomic E-state index is 0.533.